The summed E-state index contributed by atoms with van der Waals surface area (Å²) in [6, 6.07) is 23.0. The van der Waals surface area contributed by atoms with Crippen LogP contribution in [0.4, 0.5) is 5.82 Å². The molecule has 5 rings (SSSR count). The second-order valence-corrected chi connectivity index (χ2v) is 9.15. The Labute approximate surface area is 219 Å². The Balaban J connectivity index is 1.39. The minimum Gasteiger partial charge on any atom is -0.496 e. The fourth-order valence-corrected chi connectivity index (χ4v) is 4.65. The molecule has 0 aliphatic rings. The van der Waals surface area contributed by atoms with Gasteiger partial charge >= 0.3 is 0 Å². The van der Waals surface area contributed by atoms with Crippen LogP contribution in [0.15, 0.2) is 72.8 Å². The van der Waals surface area contributed by atoms with E-state index in [2.05, 4.69) is 20.5 Å². The third kappa shape index (κ3) is 5.44. The van der Waals surface area contributed by atoms with Gasteiger partial charge in [0.15, 0.2) is 5.82 Å². The van der Waals surface area contributed by atoms with E-state index in [0.717, 1.165) is 33.3 Å². The molecule has 1 unspecified atom stereocenters. The monoisotopic (exact) mass is 514 g/mol. The van der Waals surface area contributed by atoms with Gasteiger partial charge in [0.1, 0.15) is 22.4 Å². The van der Waals surface area contributed by atoms with E-state index < -0.39 is 6.04 Å². The van der Waals surface area contributed by atoms with Crippen molar-refractivity contribution in [2.45, 2.75) is 25.3 Å². The van der Waals surface area contributed by atoms with Crippen LogP contribution < -0.4 is 15.8 Å². The number of nitrogens with zero attached hydrogens (tertiary/aromatic N) is 2. The van der Waals surface area contributed by atoms with Gasteiger partial charge in [0.2, 0.25) is 5.91 Å². The fourth-order valence-electron chi connectivity index (χ4n) is 4.40. The number of anilines is 1. The van der Waals surface area contributed by atoms with Gasteiger partial charge < -0.3 is 20.8 Å². The summed E-state index contributed by atoms with van der Waals surface area (Å²) in [5, 5.41) is 11.3. The Morgan fingerprint density at radius 2 is 1.89 bits per heavy atom. The second kappa shape index (κ2) is 10.8. The van der Waals surface area contributed by atoms with E-state index in [4.69, 9.17) is 27.1 Å². The van der Waals surface area contributed by atoms with Crippen molar-refractivity contribution in [3.8, 4) is 17.0 Å². The lowest BCUT2D eigenvalue weighted by Gasteiger charge is -2.17. The smallest absolute Gasteiger partial charge is 0.220 e. The average Bonchev–Trinajstić information content (AvgIpc) is 3.49. The van der Waals surface area contributed by atoms with Crippen molar-refractivity contribution < 1.29 is 9.53 Å². The minimum atomic E-state index is -0.398. The van der Waals surface area contributed by atoms with Crippen molar-refractivity contribution in [3.63, 3.8) is 0 Å². The first-order valence-electron chi connectivity index (χ1n) is 12.0. The van der Waals surface area contributed by atoms with Gasteiger partial charge in [0.05, 0.1) is 18.7 Å². The molecule has 188 valence electrons. The van der Waals surface area contributed by atoms with Crippen LogP contribution in [0, 0.1) is 0 Å². The van der Waals surface area contributed by atoms with Gasteiger partial charge in [-0.05, 0) is 42.2 Å². The number of H-pyrrole nitrogens is 2. The van der Waals surface area contributed by atoms with Crippen LogP contribution in [0.25, 0.3) is 22.2 Å². The highest BCUT2D eigenvalue weighted by molar-refractivity contribution is 6.32. The summed E-state index contributed by atoms with van der Waals surface area (Å²) in [5.74, 6) is 1.71. The molecule has 0 saturated heterocycles. The Morgan fingerprint density at radius 1 is 1.11 bits per heavy atom. The Hall–Kier alpha value is -4.30. The first-order chi connectivity index (χ1) is 18.0. The van der Waals surface area contributed by atoms with Crippen LogP contribution in [-0.2, 0) is 17.6 Å². The molecule has 0 aliphatic heterocycles. The van der Waals surface area contributed by atoms with Crippen molar-refractivity contribution in [1.29, 1.82) is 0 Å². The number of benzene rings is 3. The number of nitrogens with one attached hydrogen (secondary N) is 3. The van der Waals surface area contributed by atoms with Crippen molar-refractivity contribution >= 4 is 34.2 Å². The maximum Gasteiger partial charge on any atom is 0.220 e. The topological polar surface area (TPSA) is 122 Å². The zero-order valence-electron chi connectivity index (χ0n) is 20.3. The maximum atomic E-state index is 13.1. The normalized spacial score (nSPS) is 11.9. The lowest BCUT2D eigenvalue weighted by molar-refractivity contribution is -0.121. The highest BCUT2D eigenvalue weighted by atomic mass is 35.5. The minimum absolute atomic E-state index is 0.0877. The number of aryl methyl sites for hydroxylation is 1. The molecule has 0 radical (unpaired) electrons. The Kier molecular flexibility index (Phi) is 7.09. The van der Waals surface area contributed by atoms with E-state index in [1.54, 1.807) is 7.11 Å². The van der Waals surface area contributed by atoms with E-state index in [0.29, 0.717) is 41.8 Å². The molecule has 1 atom stereocenters. The first kappa shape index (κ1) is 24.4. The van der Waals surface area contributed by atoms with Gasteiger partial charge in [0.25, 0.3) is 0 Å². The number of para-hydroxylation sites is 1. The molecular formula is C28H27ClN6O2. The molecule has 8 nitrogen and oxygen atoms in total. The van der Waals surface area contributed by atoms with Crippen LogP contribution in [0.1, 0.15) is 29.4 Å². The van der Waals surface area contributed by atoms with E-state index >= 15 is 0 Å². The SMILES string of the molecule is COc1ccccc1CCC(=O)NC(Cc1ccccc1)c1nc(-c2ccc3c(N)n[nH]c3c2)c(Cl)[nH]1. The molecule has 0 spiro atoms. The number of halogens is 1. The lowest BCUT2D eigenvalue weighted by atomic mass is 10.0. The largest absolute Gasteiger partial charge is 0.496 e. The lowest BCUT2D eigenvalue weighted by Crippen LogP contribution is -2.31. The predicted molar refractivity (Wildman–Crippen MR) is 145 cm³/mol. The fraction of sp³-hybridized carbons (Fsp3) is 0.179. The summed E-state index contributed by atoms with van der Waals surface area (Å²) in [4.78, 5) is 21.0. The molecule has 0 saturated carbocycles. The number of amides is 1. The summed E-state index contributed by atoms with van der Waals surface area (Å²) in [6.07, 6.45) is 1.43. The van der Waals surface area contributed by atoms with Crippen LogP contribution in [0.2, 0.25) is 5.15 Å². The number of nitrogens with two attached hydrogens (primary N) is 1. The van der Waals surface area contributed by atoms with Gasteiger partial charge in [-0.3, -0.25) is 9.89 Å². The van der Waals surface area contributed by atoms with E-state index in [-0.39, 0.29) is 5.91 Å². The summed E-state index contributed by atoms with van der Waals surface area (Å²) in [6.45, 7) is 0. The number of rotatable bonds is 9. The molecule has 3 aromatic carbocycles. The Morgan fingerprint density at radius 3 is 2.70 bits per heavy atom. The summed E-state index contributed by atoms with van der Waals surface area (Å²) < 4.78 is 5.42. The number of carbonyl (C=O) groups is 1. The van der Waals surface area contributed by atoms with E-state index in [1.165, 1.54) is 0 Å². The second-order valence-electron chi connectivity index (χ2n) is 8.78. The molecule has 2 heterocycles. The maximum absolute atomic E-state index is 13.1. The number of aromatic nitrogens is 4. The highest BCUT2D eigenvalue weighted by Gasteiger charge is 2.22. The number of nitrogen functional groups attached to an aromatic ring is 1. The number of hydrogen-bond acceptors (Lipinski definition) is 5. The molecule has 1 amide bonds. The van der Waals surface area contributed by atoms with Crippen molar-refractivity contribution in [2.24, 2.45) is 0 Å². The van der Waals surface area contributed by atoms with Crippen LogP contribution in [-0.4, -0.2) is 33.2 Å². The van der Waals surface area contributed by atoms with Crippen LogP contribution in [0.5, 0.6) is 5.75 Å². The summed E-state index contributed by atoms with van der Waals surface area (Å²) in [5.41, 5.74) is 10.1. The molecule has 9 heteroatoms. The quantitative estimate of drug-likeness (QED) is 0.214. The van der Waals surface area contributed by atoms with Crippen molar-refractivity contribution in [2.75, 3.05) is 12.8 Å². The highest BCUT2D eigenvalue weighted by Crippen LogP contribution is 2.31. The zero-order chi connectivity index (χ0) is 25.8. The molecule has 0 aliphatic carbocycles. The van der Waals surface area contributed by atoms with Crippen LogP contribution in [0.3, 0.4) is 0 Å². The zero-order valence-corrected chi connectivity index (χ0v) is 21.0. The first-order valence-corrected chi connectivity index (χ1v) is 12.3. The number of imidazole rings is 1. The average molecular weight is 515 g/mol. The third-order valence-corrected chi connectivity index (χ3v) is 6.58. The third-order valence-electron chi connectivity index (χ3n) is 6.31. The van der Waals surface area contributed by atoms with Crippen molar-refractivity contribution in [1.82, 2.24) is 25.5 Å². The molecular weight excluding hydrogens is 488 g/mol. The number of methoxy groups -OCH3 is 1. The molecule has 37 heavy (non-hydrogen) atoms. The number of ether oxygens (including phenoxy) is 1. The van der Waals surface area contributed by atoms with Gasteiger partial charge in [-0.1, -0.05) is 66.2 Å². The number of fused-ring (bicyclic) bond motifs is 1. The Bertz CT molecular complexity index is 1530. The van der Waals surface area contributed by atoms with Gasteiger partial charge in [-0.25, -0.2) is 4.98 Å². The molecule has 0 bridgehead atoms. The van der Waals surface area contributed by atoms with E-state index in [9.17, 15) is 4.79 Å². The number of aromatic amines is 2. The predicted octanol–water partition coefficient (Wildman–Crippen LogP) is 5.23. The van der Waals surface area contributed by atoms with Gasteiger partial charge in [0, 0.05) is 17.4 Å². The van der Waals surface area contributed by atoms with Crippen LogP contribution >= 0.6 is 11.6 Å². The molecule has 5 N–H and O–H groups in total. The van der Waals surface area contributed by atoms with E-state index in [1.807, 2.05) is 72.8 Å². The molecule has 5 aromatic rings. The molecule has 0 fully saturated rings. The molecule has 2 aromatic heterocycles. The number of hydrogen-bond donors (Lipinski definition) is 4. The van der Waals surface area contributed by atoms with Gasteiger partial charge in [-0.15, -0.1) is 0 Å². The van der Waals surface area contributed by atoms with Crippen molar-refractivity contribution in [3.05, 3.63) is 94.9 Å². The number of carbonyl (C=O) groups excluding carboxylic acids is 1. The standard InChI is InChI=1S/C28H27ClN6O2/c1-37-23-10-6-5-9-18(23)12-14-24(36)31-22(15-17-7-3-2-4-8-17)28-32-25(26(29)33-28)19-11-13-20-21(16-19)34-35-27(20)30/h2-11,13,16,22H,12,14-15H2,1H3,(H,31,36)(H,32,33)(H3,30,34,35). The summed E-state index contributed by atoms with van der Waals surface area (Å²) >= 11 is 6.60. The van der Waals surface area contributed by atoms with Gasteiger partial charge in [-0.2, -0.15) is 5.10 Å². The summed E-state index contributed by atoms with van der Waals surface area (Å²) in [7, 11) is 1.63.